The fourth-order valence-corrected chi connectivity index (χ4v) is 2.79. The lowest BCUT2D eigenvalue weighted by Crippen LogP contribution is -2.29. The number of rotatable bonds is 3. The van der Waals surface area contributed by atoms with Crippen LogP contribution in [0.1, 0.15) is 49.1 Å². The van der Waals surface area contributed by atoms with Crippen LogP contribution in [0.4, 0.5) is 0 Å². The van der Waals surface area contributed by atoms with E-state index in [2.05, 4.69) is 56.5 Å². The molecule has 0 aliphatic heterocycles. The monoisotopic (exact) mass is 302 g/mol. The molecular weight excluding hydrogens is 280 g/mol. The van der Waals surface area contributed by atoms with Gasteiger partial charge in [0.15, 0.2) is 0 Å². The normalized spacial score (nSPS) is 13.2. The van der Waals surface area contributed by atoms with Crippen molar-refractivity contribution in [2.75, 3.05) is 0 Å². The molecule has 112 valence electrons. The van der Waals surface area contributed by atoms with Crippen LogP contribution in [0.25, 0.3) is 0 Å². The number of hydrogen-bond donors (Lipinski definition) is 2. The number of nitrogens with two attached hydrogens (primary N) is 1. The van der Waals surface area contributed by atoms with Crippen molar-refractivity contribution in [3.05, 3.63) is 69.7 Å². The van der Waals surface area contributed by atoms with Gasteiger partial charge in [-0.2, -0.15) is 0 Å². The lowest BCUT2D eigenvalue weighted by molar-refractivity contribution is 0.588. The Hall–Kier alpha value is -1.35. The number of aryl methyl sites for hydroxylation is 1. The molecule has 0 radical (unpaired) electrons. The zero-order valence-corrected chi connectivity index (χ0v) is 13.8. The molecule has 2 nitrogen and oxygen atoms in total. The Morgan fingerprint density at radius 3 is 2.10 bits per heavy atom. The van der Waals surface area contributed by atoms with Crippen molar-refractivity contribution in [3.8, 4) is 0 Å². The number of nitrogens with one attached hydrogen (secondary N) is 1. The molecule has 2 rings (SSSR count). The molecule has 0 bridgehead atoms. The van der Waals surface area contributed by atoms with Gasteiger partial charge in [0.25, 0.3) is 0 Å². The van der Waals surface area contributed by atoms with E-state index in [-0.39, 0.29) is 11.5 Å². The van der Waals surface area contributed by atoms with Gasteiger partial charge in [0.2, 0.25) is 0 Å². The van der Waals surface area contributed by atoms with Gasteiger partial charge in [-0.25, -0.2) is 5.43 Å². The molecule has 0 saturated carbocycles. The predicted molar refractivity (Wildman–Crippen MR) is 90.5 cm³/mol. The number of halogens is 1. The van der Waals surface area contributed by atoms with Crippen LogP contribution < -0.4 is 11.3 Å². The van der Waals surface area contributed by atoms with Crippen molar-refractivity contribution in [1.29, 1.82) is 0 Å². The number of hydrazine groups is 1. The molecule has 21 heavy (non-hydrogen) atoms. The Morgan fingerprint density at radius 2 is 1.62 bits per heavy atom. The molecule has 3 heteroatoms. The van der Waals surface area contributed by atoms with Crippen molar-refractivity contribution < 1.29 is 0 Å². The summed E-state index contributed by atoms with van der Waals surface area (Å²) in [5, 5.41) is 0.733. The zero-order valence-electron chi connectivity index (χ0n) is 13.1. The van der Waals surface area contributed by atoms with Gasteiger partial charge >= 0.3 is 0 Å². The topological polar surface area (TPSA) is 38.0 Å². The minimum absolute atomic E-state index is 0.0589. The first-order chi connectivity index (χ1) is 9.81. The first kappa shape index (κ1) is 16.0. The number of benzene rings is 2. The molecule has 2 aromatic carbocycles. The summed E-state index contributed by atoms with van der Waals surface area (Å²) in [6, 6.07) is 14.5. The van der Waals surface area contributed by atoms with Crippen molar-refractivity contribution in [3.63, 3.8) is 0 Å². The standard InChI is InChI=1S/C18H23ClN2/c1-12-9-14(11-16(19)10-12)17(21-20)13-5-7-15(8-6-13)18(2,3)4/h5-11,17,21H,20H2,1-4H3. The second-order valence-corrected chi connectivity index (χ2v) is 6.97. The van der Waals surface area contributed by atoms with E-state index in [1.54, 1.807) is 0 Å². The van der Waals surface area contributed by atoms with Crippen LogP contribution in [-0.4, -0.2) is 0 Å². The Balaban J connectivity index is 2.37. The van der Waals surface area contributed by atoms with Crippen molar-refractivity contribution in [1.82, 2.24) is 5.43 Å². The maximum absolute atomic E-state index is 6.16. The molecule has 0 fully saturated rings. The van der Waals surface area contributed by atoms with E-state index < -0.39 is 0 Å². The smallest absolute Gasteiger partial charge is 0.0710 e. The molecule has 0 heterocycles. The molecule has 2 aromatic rings. The highest BCUT2D eigenvalue weighted by Crippen LogP contribution is 2.28. The minimum atomic E-state index is -0.0589. The van der Waals surface area contributed by atoms with E-state index in [4.69, 9.17) is 17.4 Å². The van der Waals surface area contributed by atoms with Gasteiger partial charge in [-0.3, -0.25) is 5.84 Å². The summed E-state index contributed by atoms with van der Waals surface area (Å²) in [4.78, 5) is 0. The third-order valence-corrected chi connectivity index (χ3v) is 3.89. The second-order valence-electron chi connectivity index (χ2n) is 6.53. The zero-order chi connectivity index (χ0) is 15.6. The maximum atomic E-state index is 6.16. The van der Waals surface area contributed by atoms with Crippen LogP contribution in [0.2, 0.25) is 5.02 Å². The van der Waals surface area contributed by atoms with Crippen LogP contribution in [0.15, 0.2) is 42.5 Å². The molecule has 0 aliphatic carbocycles. The van der Waals surface area contributed by atoms with Gasteiger partial charge < -0.3 is 0 Å². The molecule has 0 aliphatic rings. The van der Waals surface area contributed by atoms with Crippen molar-refractivity contribution in [2.45, 2.75) is 39.2 Å². The van der Waals surface area contributed by atoms with Crippen LogP contribution in [0, 0.1) is 6.92 Å². The summed E-state index contributed by atoms with van der Waals surface area (Å²) in [5.41, 5.74) is 7.68. The van der Waals surface area contributed by atoms with Crippen LogP contribution in [-0.2, 0) is 5.41 Å². The van der Waals surface area contributed by atoms with Gasteiger partial charge in [-0.15, -0.1) is 0 Å². The highest BCUT2D eigenvalue weighted by molar-refractivity contribution is 6.30. The van der Waals surface area contributed by atoms with E-state index in [0.29, 0.717) is 0 Å². The molecule has 1 atom stereocenters. The van der Waals surface area contributed by atoms with E-state index in [9.17, 15) is 0 Å². The van der Waals surface area contributed by atoms with Gasteiger partial charge in [0.05, 0.1) is 6.04 Å². The molecule has 0 amide bonds. The third kappa shape index (κ3) is 3.85. The third-order valence-electron chi connectivity index (χ3n) is 3.67. The summed E-state index contributed by atoms with van der Waals surface area (Å²) in [6.45, 7) is 8.66. The van der Waals surface area contributed by atoms with E-state index >= 15 is 0 Å². The first-order valence-corrected chi connectivity index (χ1v) is 7.53. The predicted octanol–water partition coefficient (Wildman–Crippen LogP) is 4.50. The van der Waals surface area contributed by atoms with Crippen LogP contribution in [0.5, 0.6) is 0 Å². The van der Waals surface area contributed by atoms with Gasteiger partial charge in [-0.1, -0.05) is 62.7 Å². The fraction of sp³-hybridized carbons (Fsp3) is 0.333. The Bertz CT molecular complexity index is 592. The van der Waals surface area contributed by atoms with Crippen LogP contribution >= 0.6 is 11.6 Å². The van der Waals surface area contributed by atoms with E-state index in [0.717, 1.165) is 21.7 Å². The quantitative estimate of drug-likeness (QED) is 0.647. The average Bonchev–Trinajstić information content (AvgIpc) is 2.38. The first-order valence-electron chi connectivity index (χ1n) is 7.15. The SMILES string of the molecule is Cc1cc(Cl)cc(C(NN)c2ccc(C(C)(C)C)cc2)c1. The Kier molecular flexibility index (Phi) is 4.72. The lowest BCUT2D eigenvalue weighted by atomic mass is 9.86. The molecular formula is C18H23ClN2. The summed E-state index contributed by atoms with van der Waals surface area (Å²) >= 11 is 6.16. The van der Waals surface area contributed by atoms with Crippen molar-refractivity contribution >= 4 is 11.6 Å². The Morgan fingerprint density at radius 1 is 1.00 bits per heavy atom. The largest absolute Gasteiger partial charge is 0.271 e. The average molecular weight is 303 g/mol. The van der Waals surface area contributed by atoms with Crippen LogP contribution in [0.3, 0.4) is 0 Å². The molecule has 0 spiro atoms. The molecule has 1 unspecified atom stereocenters. The highest BCUT2D eigenvalue weighted by atomic mass is 35.5. The minimum Gasteiger partial charge on any atom is -0.271 e. The van der Waals surface area contributed by atoms with Gasteiger partial charge in [0, 0.05) is 5.02 Å². The molecule has 0 saturated heterocycles. The maximum Gasteiger partial charge on any atom is 0.0710 e. The lowest BCUT2D eigenvalue weighted by Gasteiger charge is -2.22. The summed E-state index contributed by atoms with van der Waals surface area (Å²) in [5.74, 6) is 5.77. The fourth-order valence-electron chi connectivity index (χ4n) is 2.49. The second kappa shape index (κ2) is 6.18. The van der Waals surface area contributed by atoms with E-state index in [1.165, 1.54) is 5.56 Å². The van der Waals surface area contributed by atoms with Gasteiger partial charge in [0.1, 0.15) is 0 Å². The van der Waals surface area contributed by atoms with E-state index in [1.807, 2.05) is 19.1 Å². The molecule has 0 aromatic heterocycles. The summed E-state index contributed by atoms with van der Waals surface area (Å²) in [7, 11) is 0. The highest BCUT2D eigenvalue weighted by Gasteiger charge is 2.16. The molecule has 3 N–H and O–H groups in total. The Labute approximate surface area is 132 Å². The van der Waals surface area contributed by atoms with Gasteiger partial charge in [-0.05, 0) is 46.7 Å². The van der Waals surface area contributed by atoms with Crippen molar-refractivity contribution in [2.24, 2.45) is 5.84 Å². The summed E-state index contributed by atoms with van der Waals surface area (Å²) < 4.78 is 0. The number of hydrogen-bond acceptors (Lipinski definition) is 2. The summed E-state index contributed by atoms with van der Waals surface area (Å²) in [6.07, 6.45) is 0.